The van der Waals surface area contributed by atoms with Crippen LogP contribution in [0.5, 0.6) is 0 Å². The molecule has 1 aliphatic rings. The number of fused-ring (bicyclic) bond motifs is 1. The van der Waals surface area contributed by atoms with Crippen LogP contribution in [0, 0.1) is 12.7 Å². The molecule has 2 heterocycles. The number of carbonyl (C=O) groups is 1. The Labute approximate surface area is 169 Å². The lowest BCUT2D eigenvalue weighted by Crippen LogP contribution is -2.37. The van der Waals surface area contributed by atoms with Crippen molar-refractivity contribution < 1.29 is 17.6 Å². The standard InChI is InChI=1S/C21H22FN3O3S/c1-15-3-6-18(7-4-15)29(27,28)25-10-2-9-24(11-12-25)21(26)20-14-16-13-17(22)5-8-19(16)23-20/h3-8,13-14,23H,2,9-12H2,1H3. The molecule has 0 unspecified atom stereocenters. The molecule has 29 heavy (non-hydrogen) atoms. The minimum Gasteiger partial charge on any atom is -0.351 e. The summed E-state index contributed by atoms with van der Waals surface area (Å²) in [6.45, 7) is 3.26. The van der Waals surface area contributed by atoms with Crippen LogP contribution in [0.25, 0.3) is 10.9 Å². The maximum atomic E-state index is 13.4. The van der Waals surface area contributed by atoms with Gasteiger partial charge in [-0.3, -0.25) is 4.79 Å². The lowest BCUT2D eigenvalue weighted by Gasteiger charge is -2.21. The first-order chi connectivity index (χ1) is 13.8. The third-order valence-electron chi connectivity index (χ3n) is 5.21. The average molecular weight is 415 g/mol. The normalized spacial score (nSPS) is 16.1. The number of nitrogens with one attached hydrogen (secondary N) is 1. The smallest absolute Gasteiger partial charge is 0.270 e. The minimum absolute atomic E-state index is 0.212. The number of rotatable bonds is 3. The summed E-state index contributed by atoms with van der Waals surface area (Å²) in [5, 5.41) is 0.631. The van der Waals surface area contributed by atoms with Crippen molar-refractivity contribution in [2.75, 3.05) is 26.2 Å². The highest BCUT2D eigenvalue weighted by Gasteiger charge is 2.29. The second-order valence-corrected chi connectivity index (χ2v) is 9.22. The zero-order chi connectivity index (χ0) is 20.6. The van der Waals surface area contributed by atoms with Gasteiger partial charge in [0.2, 0.25) is 10.0 Å². The molecule has 0 spiro atoms. The molecule has 152 valence electrons. The number of H-pyrrole nitrogens is 1. The summed E-state index contributed by atoms with van der Waals surface area (Å²) in [5.74, 6) is -0.571. The van der Waals surface area contributed by atoms with Gasteiger partial charge in [0.15, 0.2) is 0 Å². The molecule has 8 heteroatoms. The number of benzene rings is 2. The first-order valence-electron chi connectivity index (χ1n) is 9.49. The lowest BCUT2D eigenvalue weighted by molar-refractivity contribution is 0.0759. The number of aromatic nitrogens is 1. The summed E-state index contributed by atoms with van der Waals surface area (Å²) >= 11 is 0. The number of nitrogens with zero attached hydrogens (tertiary/aromatic N) is 2. The van der Waals surface area contributed by atoms with Gasteiger partial charge in [-0.15, -0.1) is 0 Å². The molecule has 1 aliphatic heterocycles. The molecule has 1 N–H and O–H groups in total. The van der Waals surface area contributed by atoms with E-state index >= 15 is 0 Å². The molecule has 0 aliphatic carbocycles. The lowest BCUT2D eigenvalue weighted by atomic mass is 10.2. The Morgan fingerprint density at radius 3 is 2.52 bits per heavy atom. The average Bonchev–Trinajstić information content (AvgIpc) is 2.94. The van der Waals surface area contributed by atoms with Gasteiger partial charge in [0.05, 0.1) is 4.90 Å². The zero-order valence-corrected chi connectivity index (χ0v) is 16.9. The largest absolute Gasteiger partial charge is 0.351 e. The molecule has 0 radical (unpaired) electrons. The summed E-state index contributed by atoms with van der Waals surface area (Å²) in [6, 6.07) is 12.7. The van der Waals surface area contributed by atoms with Crippen LogP contribution in [-0.2, 0) is 10.0 Å². The quantitative estimate of drug-likeness (QED) is 0.714. The van der Waals surface area contributed by atoms with E-state index in [0.717, 1.165) is 5.56 Å². The van der Waals surface area contributed by atoms with E-state index in [4.69, 9.17) is 0 Å². The van der Waals surface area contributed by atoms with Gasteiger partial charge in [-0.2, -0.15) is 4.31 Å². The van der Waals surface area contributed by atoms with Crippen molar-refractivity contribution in [2.24, 2.45) is 0 Å². The molecule has 1 amide bonds. The SMILES string of the molecule is Cc1ccc(S(=O)(=O)N2CCCN(C(=O)c3cc4cc(F)ccc4[nH]3)CC2)cc1. The van der Waals surface area contributed by atoms with Crippen molar-refractivity contribution in [1.29, 1.82) is 0 Å². The summed E-state index contributed by atoms with van der Waals surface area (Å²) in [4.78, 5) is 17.8. The monoisotopic (exact) mass is 415 g/mol. The van der Waals surface area contributed by atoms with Crippen molar-refractivity contribution in [3.05, 3.63) is 65.6 Å². The molecule has 6 nitrogen and oxygen atoms in total. The van der Waals surface area contributed by atoms with Gasteiger partial charge in [0.1, 0.15) is 11.5 Å². The highest BCUT2D eigenvalue weighted by Crippen LogP contribution is 2.21. The van der Waals surface area contributed by atoms with Gasteiger partial charge < -0.3 is 9.88 Å². The first kappa shape index (κ1) is 19.6. The van der Waals surface area contributed by atoms with Gasteiger partial charge in [-0.1, -0.05) is 17.7 Å². The van der Waals surface area contributed by atoms with E-state index < -0.39 is 10.0 Å². The highest BCUT2D eigenvalue weighted by molar-refractivity contribution is 7.89. The van der Waals surface area contributed by atoms with E-state index in [9.17, 15) is 17.6 Å². The summed E-state index contributed by atoms with van der Waals surface area (Å²) in [7, 11) is -3.60. The van der Waals surface area contributed by atoms with Crippen LogP contribution < -0.4 is 0 Å². The molecule has 1 aromatic heterocycles. The Kier molecular flexibility index (Phi) is 5.14. The molecule has 2 aromatic carbocycles. The van der Waals surface area contributed by atoms with Crippen molar-refractivity contribution in [1.82, 2.24) is 14.2 Å². The predicted molar refractivity (Wildman–Crippen MR) is 109 cm³/mol. The van der Waals surface area contributed by atoms with Crippen LogP contribution in [0.2, 0.25) is 0 Å². The van der Waals surface area contributed by atoms with E-state index in [1.54, 1.807) is 41.3 Å². The van der Waals surface area contributed by atoms with Gasteiger partial charge in [-0.05, 0) is 49.7 Å². The molecule has 4 rings (SSSR count). The number of amides is 1. The molecule has 0 atom stereocenters. The molecule has 1 saturated heterocycles. The maximum Gasteiger partial charge on any atom is 0.270 e. The number of aryl methyl sites for hydroxylation is 1. The minimum atomic E-state index is -3.60. The Morgan fingerprint density at radius 2 is 1.76 bits per heavy atom. The third-order valence-corrected chi connectivity index (χ3v) is 7.13. The summed E-state index contributed by atoms with van der Waals surface area (Å²) < 4.78 is 40.7. The second kappa shape index (κ2) is 7.61. The predicted octanol–water partition coefficient (Wildman–Crippen LogP) is 3.15. The van der Waals surface area contributed by atoms with Crippen LogP contribution in [0.3, 0.4) is 0 Å². The van der Waals surface area contributed by atoms with E-state index in [-0.39, 0.29) is 23.2 Å². The van der Waals surface area contributed by atoms with Crippen LogP contribution >= 0.6 is 0 Å². The molecule has 0 saturated carbocycles. The maximum absolute atomic E-state index is 13.4. The molecule has 1 fully saturated rings. The Balaban J connectivity index is 1.50. The van der Waals surface area contributed by atoms with E-state index in [0.29, 0.717) is 42.7 Å². The summed E-state index contributed by atoms with van der Waals surface area (Å²) in [5.41, 5.74) is 2.06. The zero-order valence-electron chi connectivity index (χ0n) is 16.1. The van der Waals surface area contributed by atoms with Crippen molar-refractivity contribution in [2.45, 2.75) is 18.2 Å². The molecule has 3 aromatic rings. The number of hydrogen-bond donors (Lipinski definition) is 1. The fourth-order valence-electron chi connectivity index (χ4n) is 3.59. The molecule has 0 bridgehead atoms. The van der Waals surface area contributed by atoms with Crippen molar-refractivity contribution in [3.63, 3.8) is 0 Å². The van der Waals surface area contributed by atoms with Gasteiger partial charge in [-0.25, -0.2) is 12.8 Å². The van der Waals surface area contributed by atoms with Crippen LogP contribution in [0.4, 0.5) is 4.39 Å². The fraction of sp³-hybridized carbons (Fsp3) is 0.286. The van der Waals surface area contributed by atoms with Gasteiger partial charge in [0.25, 0.3) is 5.91 Å². The fourth-order valence-corrected chi connectivity index (χ4v) is 5.06. The van der Waals surface area contributed by atoms with Crippen LogP contribution in [-0.4, -0.2) is 54.7 Å². The van der Waals surface area contributed by atoms with Crippen LogP contribution in [0.15, 0.2) is 53.4 Å². The van der Waals surface area contributed by atoms with E-state index in [2.05, 4.69) is 4.98 Å². The Hall–Kier alpha value is -2.71. The number of aromatic amines is 1. The number of carbonyl (C=O) groups excluding carboxylic acids is 1. The second-order valence-electron chi connectivity index (χ2n) is 7.28. The molecular weight excluding hydrogens is 393 g/mol. The van der Waals surface area contributed by atoms with E-state index in [1.165, 1.54) is 16.4 Å². The first-order valence-corrected chi connectivity index (χ1v) is 10.9. The number of hydrogen-bond acceptors (Lipinski definition) is 3. The highest BCUT2D eigenvalue weighted by atomic mass is 32.2. The van der Waals surface area contributed by atoms with Gasteiger partial charge in [0, 0.05) is 37.1 Å². The van der Waals surface area contributed by atoms with E-state index in [1.807, 2.05) is 6.92 Å². The Bertz CT molecular complexity index is 1160. The van der Waals surface area contributed by atoms with Crippen molar-refractivity contribution >= 4 is 26.8 Å². The Morgan fingerprint density at radius 1 is 1.00 bits per heavy atom. The van der Waals surface area contributed by atoms with Gasteiger partial charge >= 0.3 is 0 Å². The van der Waals surface area contributed by atoms with Crippen LogP contribution in [0.1, 0.15) is 22.5 Å². The van der Waals surface area contributed by atoms with Crippen molar-refractivity contribution in [3.8, 4) is 0 Å². The molecular formula is C21H22FN3O3S. The topological polar surface area (TPSA) is 73.5 Å². The number of halogens is 1. The third kappa shape index (κ3) is 3.90. The summed E-state index contributed by atoms with van der Waals surface area (Å²) in [6.07, 6.45) is 0.547. The number of sulfonamides is 1.